The third-order valence-corrected chi connectivity index (χ3v) is 6.56. The molecular formula is C18H23NO. The van der Waals surface area contributed by atoms with Gasteiger partial charge in [0.15, 0.2) is 0 Å². The van der Waals surface area contributed by atoms with Crippen molar-refractivity contribution in [1.29, 1.82) is 0 Å². The van der Waals surface area contributed by atoms with Crippen LogP contribution in [-0.2, 0) is 6.54 Å². The maximum absolute atomic E-state index is 10.8. The summed E-state index contributed by atoms with van der Waals surface area (Å²) >= 11 is 0. The number of fused-ring (bicyclic) bond motifs is 1. The summed E-state index contributed by atoms with van der Waals surface area (Å²) in [4.78, 5) is 2.43. The van der Waals surface area contributed by atoms with Crippen LogP contribution in [0.5, 0.6) is 0 Å². The van der Waals surface area contributed by atoms with Crippen LogP contribution in [0.25, 0.3) is 0 Å². The van der Waals surface area contributed by atoms with E-state index in [-0.39, 0.29) is 6.23 Å². The van der Waals surface area contributed by atoms with Gasteiger partial charge in [-0.25, -0.2) is 0 Å². The Morgan fingerprint density at radius 1 is 0.900 bits per heavy atom. The molecule has 1 aromatic rings. The summed E-state index contributed by atoms with van der Waals surface area (Å²) in [6.45, 7) is 0.963. The molecule has 0 amide bonds. The lowest BCUT2D eigenvalue weighted by Crippen LogP contribution is -2.55. The van der Waals surface area contributed by atoms with E-state index in [4.69, 9.17) is 0 Å². The van der Waals surface area contributed by atoms with Crippen LogP contribution in [0.3, 0.4) is 0 Å². The van der Waals surface area contributed by atoms with Crippen molar-refractivity contribution in [3.05, 3.63) is 35.4 Å². The lowest BCUT2D eigenvalue weighted by molar-refractivity contribution is -0.119. The van der Waals surface area contributed by atoms with E-state index in [1.807, 2.05) is 0 Å². The minimum atomic E-state index is -0.353. The number of hydrogen-bond donors (Lipinski definition) is 1. The number of hydrogen-bond acceptors (Lipinski definition) is 2. The van der Waals surface area contributed by atoms with E-state index in [0.29, 0.717) is 6.04 Å². The highest BCUT2D eigenvalue weighted by molar-refractivity contribution is 5.33. The van der Waals surface area contributed by atoms with Crippen LogP contribution in [0.15, 0.2) is 24.3 Å². The Labute approximate surface area is 120 Å². The van der Waals surface area contributed by atoms with Gasteiger partial charge >= 0.3 is 0 Å². The molecule has 0 spiro atoms. The minimum absolute atomic E-state index is 0.353. The van der Waals surface area contributed by atoms with Crippen molar-refractivity contribution in [3.8, 4) is 0 Å². The first-order valence-electron chi connectivity index (χ1n) is 8.31. The van der Waals surface area contributed by atoms with Crippen LogP contribution in [0.2, 0.25) is 0 Å². The summed E-state index contributed by atoms with van der Waals surface area (Å²) in [6.07, 6.45) is 6.86. The standard InChI is InChI=1S/C18H23NO/c20-18-16-4-2-1-3-13(16)10-19(18)17-14-6-11-5-12(8-14)9-15(17)7-11/h1-4,11-12,14-15,17-18,20H,5-10H2. The van der Waals surface area contributed by atoms with E-state index in [1.165, 1.54) is 37.7 Å². The maximum Gasteiger partial charge on any atom is 0.134 e. The average Bonchev–Trinajstić information content (AvgIpc) is 2.76. The first-order valence-corrected chi connectivity index (χ1v) is 8.31. The summed E-state index contributed by atoms with van der Waals surface area (Å²) < 4.78 is 0. The third-order valence-electron chi connectivity index (χ3n) is 6.56. The van der Waals surface area contributed by atoms with Crippen molar-refractivity contribution >= 4 is 0 Å². The highest BCUT2D eigenvalue weighted by Crippen LogP contribution is 2.56. The summed E-state index contributed by atoms with van der Waals surface area (Å²) in [6, 6.07) is 9.10. The van der Waals surface area contributed by atoms with Gasteiger partial charge in [-0.2, -0.15) is 0 Å². The van der Waals surface area contributed by atoms with Crippen molar-refractivity contribution in [2.75, 3.05) is 0 Å². The summed E-state index contributed by atoms with van der Waals surface area (Å²) in [7, 11) is 0. The number of nitrogens with zero attached hydrogens (tertiary/aromatic N) is 1. The van der Waals surface area contributed by atoms with Crippen LogP contribution in [0.1, 0.15) is 49.5 Å². The van der Waals surface area contributed by atoms with Gasteiger partial charge in [0.2, 0.25) is 0 Å². The van der Waals surface area contributed by atoms with Gasteiger partial charge in [0, 0.05) is 12.6 Å². The zero-order valence-electron chi connectivity index (χ0n) is 11.9. The molecule has 4 fully saturated rings. The van der Waals surface area contributed by atoms with Gasteiger partial charge in [0.05, 0.1) is 0 Å². The maximum atomic E-state index is 10.8. The molecule has 0 aromatic heterocycles. The quantitative estimate of drug-likeness (QED) is 0.845. The molecule has 0 radical (unpaired) electrons. The van der Waals surface area contributed by atoms with Gasteiger partial charge in [0.1, 0.15) is 6.23 Å². The normalized spacial score (nSPS) is 45.9. The van der Waals surface area contributed by atoms with Crippen molar-refractivity contribution in [2.45, 2.75) is 50.9 Å². The van der Waals surface area contributed by atoms with Gasteiger partial charge in [-0.15, -0.1) is 0 Å². The van der Waals surface area contributed by atoms with E-state index in [1.54, 1.807) is 0 Å². The second-order valence-electron chi connectivity index (χ2n) is 7.67. The molecule has 4 bridgehead atoms. The molecule has 4 saturated carbocycles. The third kappa shape index (κ3) is 1.52. The van der Waals surface area contributed by atoms with Crippen LogP contribution < -0.4 is 0 Å². The molecule has 0 saturated heterocycles. The molecule has 20 heavy (non-hydrogen) atoms. The van der Waals surface area contributed by atoms with Crippen LogP contribution >= 0.6 is 0 Å². The second-order valence-corrected chi connectivity index (χ2v) is 7.67. The number of aliphatic hydroxyl groups excluding tert-OH is 1. The lowest BCUT2D eigenvalue weighted by Gasteiger charge is -2.57. The Bertz CT molecular complexity index is 512. The van der Waals surface area contributed by atoms with Crippen LogP contribution in [-0.4, -0.2) is 16.0 Å². The molecule has 4 aliphatic carbocycles. The van der Waals surface area contributed by atoms with E-state index < -0.39 is 0 Å². The zero-order valence-corrected chi connectivity index (χ0v) is 11.9. The smallest absolute Gasteiger partial charge is 0.134 e. The van der Waals surface area contributed by atoms with E-state index in [0.717, 1.165) is 35.8 Å². The minimum Gasteiger partial charge on any atom is -0.374 e. The molecule has 6 rings (SSSR count). The molecule has 1 aliphatic heterocycles. The fraction of sp³-hybridized carbons (Fsp3) is 0.667. The Hall–Kier alpha value is -0.860. The van der Waals surface area contributed by atoms with Crippen molar-refractivity contribution in [2.24, 2.45) is 23.7 Å². The Balaban J connectivity index is 1.47. The first-order chi connectivity index (χ1) is 9.79. The van der Waals surface area contributed by atoms with Gasteiger partial charge in [-0.3, -0.25) is 4.90 Å². The number of benzene rings is 1. The SMILES string of the molecule is OC1c2ccccc2CN1C1C2CC3CC(C2)CC1C3. The Morgan fingerprint density at radius 3 is 2.20 bits per heavy atom. The molecule has 2 heteroatoms. The average molecular weight is 269 g/mol. The monoisotopic (exact) mass is 269 g/mol. The van der Waals surface area contributed by atoms with Crippen molar-refractivity contribution in [3.63, 3.8) is 0 Å². The van der Waals surface area contributed by atoms with E-state index in [2.05, 4.69) is 29.2 Å². The second kappa shape index (κ2) is 4.08. The fourth-order valence-electron chi connectivity index (χ4n) is 6.10. The molecule has 1 unspecified atom stereocenters. The topological polar surface area (TPSA) is 23.5 Å². The number of aliphatic hydroxyl groups is 1. The van der Waals surface area contributed by atoms with Crippen LogP contribution in [0, 0.1) is 23.7 Å². The Morgan fingerprint density at radius 2 is 1.55 bits per heavy atom. The van der Waals surface area contributed by atoms with E-state index in [9.17, 15) is 5.11 Å². The summed E-state index contributed by atoms with van der Waals surface area (Å²) in [5.74, 6) is 3.73. The predicted octanol–water partition coefficient (Wildman–Crippen LogP) is 3.32. The molecule has 2 nitrogen and oxygen atoms in total. The molecule has 106 valence electrons. The predicted molar refractivity (Wildman–Crippen MR) is 77.8 cm³/mol. The van der Waals surface area contributed by atoms with Crippen molar-refractivity contribution < 1.29 is 5.11 Å². The summed E-state index contributed by atoms with van der Waals surface area (Å²) in [5, 5.41) is 10.8. The van der Waals surface area contributed by atoms with E-state index >= 15 is 0 Å². The van der Waals surface area contributed by atoms with Gasteiger partial charge in [0.25, 0.3) is 0 Å². The van der Waals surface area contributed by atoms with Crippen molar-refractivity contribution in [1.82, 2.24) is 4.90 Å². The lowest BCUT2D eigenvalue weighted by atomic mass is 9.54. The highest BCUT2D eigenvalue weighted by Gasteiger charge is 2.52. The van der Waals surface area contributed by atoms with Gasteiger partial charge in [-0.1, -0.05) is 24.3 Å². The first kappa shape index (κ1) is 11.8. The molecule has 5 aliphatic rings. The number of rotatable bonds is 1. The van der Waals surface area contributed by atoms with Crippen LogP contribution in [0.4, 0.5) is 0 Å². The summed E-state index contributed by atoms with van der Waals surface area (Å²) in [5.41, 5.74) is 2.50. The highest BCUT2D eigenvalue weighted by atomic mass is 16.3. The fourth-order valence-corrected chi connectivity index (χ4v) is 6.10. The molecular weight excluding hydrogens is 246 g/mol. The molecule has 1 N–H and O–H groups in total. The zero-order chi connectivity index (χ0) is 13.3. The molecule has 1 heterocycles. The largest absolute Gasteiger partial charge is 0.374 e. The van der Waals surface area contributed by atoms with Gasteiger partial charge in [-0.05, 0) is 66.9 Å². The Kier molecular flexibility index (Phi) is 2.40. The van der Waals surface area contributed by atoms with Gasteiger partial charge < -0.3 is 5.11 Å². The molecule has 1 atom stereocenters. The molecule has 1 aromatic carbocycles.